The predicted molar refractivity (Wildman–Crippen MR) is 72.8 cm³/mol. The predicted octanol–water partition coefficient (Wildman–Crippen LogP) is 2.69. The summed E-state index contributed by atoms with van der Waals surface area (Å²) in [4.78, 5) is 2.33. The molecule has 2 N–H and O–H groups in total. The zero-order valence-electron chi connectivity index (χ0n) is 11.3. The van der Waals surface area contributed by atoms with Crippen LogP contribution in [0.3, 0.4) is 0 Å². The highest BCUT2D eigenvalue weighted by Gasteiger charge is 2.22. The van der Waals surface area contributed by atoms with E-state index < -0.39 is 0 Å². The van der Waals surface area contributed by atoms with Gasteiger partial charge in [-0.1, -0.05) is 17.7 Å². The third-order valence-corrected chi connectivity index (χ3v) is 3.97. The number of likely N-dealkylation sites (tertiary alicyclic amines) is 1. The van der Waals surface area contributed by atoms with Crippen LogP contribution in [0.15, 0.2) is 18.2 Å². The molecule has 1 fully saturated rings. The Morgan fingerprint density at radius 3 is 2.67 bits per heavy atom. The first kappa shape index (κ1) is 13.5. The first-order valence-electron chi connectivity index (χ1n) is 6.79. The lowest BCUT2D eigenvalue weighted by Gasteiger charge is -2.33. The largest absolute Gasteiger partial charge is 0.328 e. The van der Waals surface area contributed by atoms with Gasteiger partial charge in [0.05, 0.1) is 0 Å². The minimum Gasteiger partial charge on any atom is -0.328 e. The summed E-state index contributed by atoms with van der Waals surface area (Å²) in [6.45, 7) is 6.87. The van der Waals surface area contributed by atoms with E-state index in [0.29, 0.717) is 5.92 Å². The van der Waals surface area contributed by atoms with Gasteiger partial charge in [-0.05, 0) is 51.8 Å². The van der Waals surface area contributed by atoms with E-state index in [4.69, 9.17) is 5.73 Å². The van der Waals surface area contributed by atoms with Crippen molar-refractivity contribution in [1.82, 2.24) is 4.90 Å². The molecule has 1 unspecified atom stereocenters. The van der Waals surface area contributed by atoms with Crippen LogP contribution in [-0.4, -0.2) is 24.0 Å². The Morgan fingerprint density at radius 2 is 2.06 bits per heavy atom. The summed E-state index contributed by atoms with van der Waals surface area (Å²) in [6, 6.07) is 5.62. The SMILES string of the molecule is Cc1ccc(F)c(CN2CCC(C(C)N)CC2)c1. The molecule has 2 nitrogen and oxygen atoms in total. The van der Waals surface area contributed by atoms with Crippen LogP contribution in [0.1, 0.15) is 30.9 Å². The second kappa shape index (κ2) is 5.81. The summed E-state index contributed by atoms with van der Waals surface area (Å²) in [5.74, 6) is 0.540. The average Bonchev–Trinajstić information content (AvgIpc) is 2.34. The molecule has 0 aromatic heterocycles. The van der Waals surface area contributed by atoms with Crippen molar-refractivity contribution in [3.63, 3.8) is 0 Å². The lowest BCUT2D eigenvalue weighted by atomic mass is 9.91. The minimum atomic E-state index is -0.0880. The van der Waals surface area contributed by atoms with E-state index in [1.54, 1.807) is 6.07 Å². The third kappa shape index (κ3) is 3.30. The van der Waals surface area contributed by atoms with Crippen LogP contribution < -0.4 is 5.73 Å². The van der Waals surface area contributed by atoms with Crippen LogP contribution >= 0.6 is 0 Å². The highest BCUT2D eigenvalue weighted by molar-refractivity contribution is 5.24. The highest BCUT2D eigenvalue weighted by Crippen LogP contribution is 2.22. The summed E-state index contributed by atoms with van der Waals surface area (Å²) < 4.78 is 13.7. The molecule has 0 bridgehead atoms. The molecule has 1 heterocycles. The summed E-state index contributed by atoms with van der Waals surface area (Å²) in [6.07, 6.45) is 2.26. The van der Waals surface area contributed by atoms with Crippen molar-refractivity contribution in [2.75, 3.05) is 13.1 Å². The second-order valence-electron chi connectivity index (χ2n) is 5.57. The molecule has 1 saturated heterocycles. The van der Waals surface area contributed by atoms with Crippen molar-refractivity contribution in [3.05, 3.63) is 35.1 Å². The van der Waals surface area contributed by atoms with Gasteiger partial charge in [0.25, 0.3) is 0 Å². The fourth-order valence-electron chi connectivity index (χ4n) is 2.70. The lowest BCUT2D eigenvalue weighted by Crippen LogP contribution is -2.39. The summed E-state index contributed by atoms with van der Waals surface area (Å²) in [5.41, 5.74) is 7.87. The van der Waals surface area contributed by atoms with Crippen molar-refractivity contribution >= 4 is 0 Å². The quantitative estimate of drug-likeness (QED) is 0.893. The van der Waals surface area contributed by atoms with E-state index in [9.17, 15) is 4.39 Å². The zero-order chi connectivity index (χ0) is 13.1. The maximum Gasteiger partial charge on any atom is 0.127 e. The standard InChI is InChI=1S/C15H23FN2/c1-11-3-4-15(16)14(9-11)10-18-7-5-13(6-8-18)12(2)17/h3-4,9,12-13H,5-8,10,17H2,1-2H3. The molecular weight excluding hydrogens is 227 g/mol. The molecule has 1 aromatic carbocycles. The Labute approximate surface area is 109 Å². The van der Waals surface area contributed by atoms with Crippen LogP contribution in [0.5, 0.6) is 0 Å². The minimum absolute atomic E-state index is 0.0880. The summed E-state index contributed by atoms with van der Waals surface area (Å²) in [7, 11) is 0. The zero-order valence-corrected chi connectivity index (χ0v) is 11.3. The molecular formula is C15H23FN2. The van der Waals surface area contributed by atoms with Crippen LogP contribution in [0, 0.1) is 18.7 Å². The molecule has 18 heavy (non-hydrogen) atoms. The highest BCUT2D eigenvalue weighted by atomic mass is 19.1. The topological polar surface area (TPSA) is 29.3 Å². The van der Waals surface area contributed by atoms with Gasteiger partial charge in [-0.3, -0.25) is 4.90 Å². The normalized spacial score (nSPS) is 20.0. The van der Waals surface area contributed by atoms with Crippen molar-refractivity contribution in [2.24, 2.45) is 11.7 Å². The molecule has 3 heteroatoms. The Balaban J connectivity index is 1.93. The monoisotopic (exact) mass is 250 g/mol. The van der Waals surface area contributed by atoms with E-state index in [-0.39, 0.29) is 11.9 Å². The number of hydrogen-bond acceptors (Lipinski definition) is 2. The van der Waals surface area contributed by atoms with Crippen LogP contribution in [0.4, 0.5) is 4.39 Å². The van der Waals surface area contributed by atoms with Crippen LogP contribution in [0.2, 0.25) is 0 Å². The molecule has 100 valence electrons. The number of hydrogen-bond donors (Lipinski definition) is 1. The average molecular weight is 250 g/mol. The number of nitrogens with two attached hydrogens (primary N) is 1. The van der Waals surface area contributed by atoms with E-state index >= 15 is 0 Å². The van der Waals surface area contributed by atoms with Crippen LogP contribution in [0.25, 0.3) is 0 Å². The number of aryl methyl sites for hydroxylation is 1. The third-order valence-electron chi connectivity index (χ3n) is 3.97. The van der Waals surface area contributed by atoms with Gasteiger partial charge in [-0.15, -0.1) is 0 Å². The molecule has 1 aromatic rings. The van der Waals surface area contributed by atoms with Gasteiger partial charge in [-0.25, -0.2) is 4.39 Å². The molecule has 0 radical (unpaired) electrons. The maximum absolute atomic E-state index is 13.7. The fourth-order valence-corrected chi connectivity index (χ4v) is 2.70. The number of halogens is 1. The Hall–Kier alpha value is -0.930. The van der Waals surface area contributed by atoms with Gasteiger partial charge in [0.15, 0.2) is 0 Å². The Kier molecular flexibility index (Phi) is 4.36. The second-order valence-corrected chi connectivity index (χ2v) is 5.57. The van der Waals surface area contributed by atoms with Crippen molar-refractivity contribution in [3.8, 4) is 0 Å². The molecule has 1 aliphatic rings. The van der Waals surface area contributed by atoms with Gasteiger partial charge < -0.3 is 5.73 Å². The first-order valence-corrected chi connectivity index (χ1v) is 6.79. The molecule has 0 saturated carbocycles. The van der Waals surface area contributed by atoms with Crippen molar-refractivity contribution in [1.29, 1.82) is 0 Å². The smallest absolute Gasteiger partial charge is 0.127 e. The summed E-state index contributed by atoms with van der Waals surface area (Å²) in [5, 5.41) is 0. The van der Waals surface area contributed by atoms with Crippen LogP contribution in [-0.2, 0) is 6.54 Å². The molecule has 1 aliphatic heterocycles. The fraction of sp³-hybridized carbons (Fsp3) is 0.600. The van der Waals surface area contributed by atoms with E-state index in [1.807, 2.05) is 19.1 Å². The van der Waals surface area contributed by atoms with E-state index in [0.717, 1.165) is 43.6 Å². The van der Waals surface area contributed by atoms with Gasteiger partial charge in [-0.2, -0.15) is 0 Å². The van der Waals surface area contributed by atoms with E-state index in [1.165, 1.54) is 0 Å². The van der Waals surface area contributed by atoms with E-state index in [2.05, 4.69) is 11.8 Å². The molecule has 0 aliphatic carbocycles. The molecule has 2 rings (SSSR count). The van der Waals surface area contributed by atoms with Crippen molar-refractivity contribution < 1.29 is 4.39 Å². The number of benzene rings is 1. The Bertz CT molecular complexity index is 395. The molecule has 0 amide bonds. The maximum atomic E-state index is 13.7. The molecule has 0 spiro atoms. The number of nitrogens with zero attached hydrogens (tertiary/aromatic N) is 1. The first-order chi connectivity index (χ1) is 8.56. The summed E-state index contributed by atoms with van der Waals surface area (Å²) >= 11 is 0. The number of rotatable bonds is 3. The van der Waals surface area contributed by atoms with Crippen molar-refractivity contribution in [2.45, 2.75) is 39.3 Å². The van der Waals surface area contributed by atoms with Gasteiger partial charge in [0, 0.05) is 18.2 Å². The van der Waals surface area contributed by atoms with Gasteiger partial charge >= 0.3 is 0 Å². The Morgan fingerprint density at radius 1 is 1.39 bits per heavy atom. The lowest BCUT2D eigenvalue weighted by molar-refractivity contribution is 0.164. The molecule has 1 atom stereocenters. The van der Waals surface area contributed by atoms with Gasteiger partial charge in [0.2, 0.25) is 0 Å². The number of piperidine rings is 1. The van der Waals surface area contributed by atoms with Gasteiger partial charge in [0.1, 0.15) is 5.82 Å².